The number of nitrogens with one attached hydrogen (secondary N) is 2. The topological polar surface area (TPSA) is 79.8 Å². The molecular weight excluding hydrogens is 344 g/mol. The van der Waals surface area contributed by atoms with Crippen LogP contribution in [0.3, 0.4) is 0 Å². The number of hydrogen-bond acceptors (Lipinski definition) is 4. The van der Waals surface area contributed by atoms with Gasteiger partial charge in [0.15, 0.2) is 0 Å². The third kappa shape index (κ3) is 4.78. The summed E-state index contributed by atoms with van der Waals surface area (Å²) in [7, 11) is 3.05. The maximum absolute atomic E-state index is 12.1. The minimum Gasteiger partial charge on any atom is -0.497 e. The molecule has 0 fully saturated rings. The molecule has 2 rings (SSSR count). The van der Waals surface area contributed by atoms with Gasteiger partial charge >= 0.3 is 6.03 Å². The average molecular weight is 365 g/mol. The van der Waals surface area contributed by atoms with E-state index in [2.05, 4.69) is 10.6 Å². The fourth-order valence-corrected chi connectivity index (χ4v) is 2.48. The van der Waals surface area contributed by atoms with Crippen LogP contribution in [-0.4, -0.2) is 31.9 Å². The Morgan fingerprint density at radius 3 is 2.68 bits per heavy atom. The molecule has 0 saturated heterocycles. The first-order valence-corrected chi connectivity index (χ1v) is 8.04. The molecule has 0 heterocycles. The van der Waals surface area contributed by atoms with E-state index in [-0.39, 0.29) is 6.54 Å². The van der Waals surface area contributed by atoms with Gasteiger partial charge < -0.3 is 25.2 Å². The van der Waals surface area contributed by atoms with E-state index < -0.39 is 12.1 Å². The molecule has 1 unspecified atom stereocenters. The summed E-state index contributed by atoms with van der Waals surface area (Å²) in [6.45, 7) is 1.82. The molecule has 0 aliphatic carbocycles. The molecule has 0 aliphatic heterocycles. The minimum absolute atomic E-state index is 0.00890. The molecule has 134 valence electrons. The van der Waals surface area contributed by atoms with E-state index in [0.717, 1.165) is 5.56 Å². The number of hydrogen-bond donors (Lipinski definition) is 3. The first-order chi connectivity index (χ1) is 12.0. The number of benzene rings is 2. The van der Waals surface area contributed by atoms with Gasteiger partial charge in [0.05, 0.1) is 14.2 Å². The van der Waals surface area contributed by atoms with Crippen molar-refractivity contribution in [2.24, 2.45) is 0 Å². The summed E-state index contributed by atoms with van der Waals surface area (Å²) in [5.41, 5.74) is 1.91. The predicted molar refractivity (Wildman–Crippen MR) is 97.7 cm³/mol. The van der Waals surface area contributed by atoms with Gasteiger partial charge in [0.2, 0.25) is 0 Å². The van der Waals surface area contributed by atoms with Crippen LogP contribution < -0.4 is 20.1 Å². The van der Waals surface area contributed by atoms with Crippen LogP contribution in [0.25, 0.3) is 0 Å². The van der Waals surface area contributed by atoms with Crippen molar-refractivity contribution in [1.29, 1.82) is 0 Å². The van der Waals surface area contributed by atoms with Crippen LogP contribution in [0.2, 0.25) is 5.02 Å². The quantitative estimate of drug-likeness (QED) is 0.732. The van der Waals surface area contributed by atoms with Crippen LogP contribution in [0, 0.1) is 6.92 Å². The van der Waals surface area contributed by atoms with Crippen molar-refractivity contribution in [3.05, 3.63) is 52.5 Å². The molecule has 2 aromatic carbocycles. The lowest BCUT2D eigenvalue weighted by Gasteiger charge is -2.17. The second-order valence-corrected chi connectivity index (χ2v) is 5.78. The van der Waals surface area contributed by atoms with Gasteiger partial charge in [-0.1, -0.05) is 17.7 Å². The maximum Gasteiger partial charge on any atom is 0.319 e. The summed E-state index contributed by atoms with van der Waals surface area (Å²) in [6.07, 6.45) is -0.948. The number of anilines is 1. The standard InChI is InChI=1S/C18H21ClN2O4/c1-11-14(19)5-4-6-15(11)21-18(23)20-10-16(22)13-9-12(24-2)7-8-17(13)25-3/h4-9,16,22H,10H2,1-3H3,(H2,20,21,23). The van der Waals surface area contributed by atoms with Crippen molar-refractivity contribution in [2.75, 3.05) is 26.1 Å². The van der Waals surface area contributed by atoms with Gasteiger partial charge in [0.1, 0.15) is 17.6 Å². The number of amides is 2. The van der Waals surface area contributed by atoms with Gasteiger partial charge in [-0.2, -0.15) is 0 Å². The van der Waals surface area contributed by atoms with E-state index in [1.807, 2.05) is 6.92 Å². The molecule has 0 radical (unpaired) electrons. The van der Waals surface area contributed by atoms with Crippen LogP contribution in [0.4, 0.5) is 10.5 Å². The number of methoxy groups -OCH3 is 2. The normalized spacial score (nSPS) is 11.6. The lowest BCUT2D eigenvalue weighted by molar-refractivity contribution is 0.170. The zero-order chi connectivity index (χ0) is 18.4. The summed E-state index contributed by atoms with van der Waals surface area (Å²) in [4.78, 5) is 12.1. The molecule has 0 spiro atoms. The zero-order valence-electron chi connectivity index (χ0n) is 14.3. The van der Waals surface area contributed by atoms with Gasteiger partial charge in [-0.05, 0) is 42.8 Å². The molecule has 7 heteroatoms. The number of aliphatic hydroxyl groups excluding tert-OH is 1. The minimum atomic E-state index is -0.948. The molecule has 6 nitrogen and oxygen atoms in total. The summed E-state index contributed by atoms with van der Waals surface area (Å²) in [5, 5.41) is 16.3. The fraction of sp³-hybridized carbons (Fsp3) is 0.278. The number of urea groups is 1. The monoisotopic (exact) mass is 364 g/mol. The number of rotatable bonds is 6. The first-order valence-electron chi connectivity index (χ1n) is 7.66. The number of ether oxygens (including phenoxy) is 2. The van der Waals surface area contributed by atoms with Gasteiger partial charge in [0, 0.05) is 22.8 Å². The molecule has 25 heavy (non-hydrogen) atoms. The molecule has 2 aromatic rings. The molecule has 0 aliphatic rings. The Balaban J connectivity index is 2.01. The second-order valence-electron chi connectivity index (χ2n) is 5.37. The first kappa shape index (κ1) is 18.9. The molecular formula is C18H21ClN2O4. The summed E-state index contributed by atoms with van der Waals surface area (Å²) in [5.74, 6) is 1.11. The second kappa shape index (κ2) is 8.60. The highest BCUT2D eigenvalue weighted by Gasteiger charge is 2.16. The molecule has 2 amide bonds. The molecule has 0 saturated carbocycles. The van der Waals surface area contributed by atoms with Crippen LogP contribution in [0.15, 0.2) is 36.4 Å². The van der Waals surface area contributed by atoms with Crippen molar-refractivity contribution < 1.29 is 19.4 Å². The Morgan fingerprint density at radius 1 is 1.24 bits per heavy atom. The van der Waals surface area contributed by atoms with E-state index in [9.17, 15) is 9.90 Å². The van der Waals surface area contributed by atoms with Crippen molar-refractivity contribution in [2.45, 2.75) is 13.0 Å². The Hall–Kier alpha value is -2.44. The van der Waals surface area contributed by atoms with E-state index in [4.69, 9.17) is 21.1 Å². The van der Waals surface area contributed by atoms with Crippen LogP contribution in [0.5, 0.6) is 11.5 Å². The van der Waals surface area contributed by atoms with E-state index in [0.29, 0.717) is 27.8 Å². The third-order valence-corrected chi connectivity index (χ3v) is 4.18. The average Bonchev–Trinajstić information content (AvgIpc) is 2.63. The number of halogens is 1. The fourth-order valence-electron chi connectivity index (χ4n) is 2.31. The van der Waals surface area contributed by atoms with E-state index in [1.54, 1.807) is 36.4 Å². The van der Waals surface area contributed by atoms with Gasteiger partial charge in [0.25, 0.3) is 0 Å². The third-order valence-electron chi connectivity index (χ3n) is 3.77. The summed E-state index contributed by atoms with van der Waals surface area (Å²) in [6, 6.07) is 9.92. The Labute approximate surface area is 151 Å². The zero-order valence-corrected chi connectivity index (χ0v) is 15.1. The number of carbonyl (C=O) groups is 1. The summed E-state index contributed by atoms with van der Waals surface area (Å²) < 4.78 is 10.4. The lowest BCUT2D eigenvalue weighted by Crippen LogP contribution is -2.32. The molecule has 0 aromatic heterocycles. The van der Waals surface area contributed by atoms with Crippen molar-refractivity contribution >= 4 is 23.3 Å². The Bertz CT molecular complexity index is 752. The number of carbonyl (C=O) groups excluding carboxylic acids is 1. The largest absolute Gasteiger partial charge is 0.497 e. The van der Waals surface area contributed by atoms with Crippen molar-refractivity contribution in [3.63, 3.8) is 0 Å². The molecule has 1 atom stereocenters. The van der Waals surface area contributed by atoms with Gasteiger partial charge in [-0.15, -0.1) is 0 Å². The van der Waals surface area contributed by atoms with Crippen molar-refractivity contribution in [1.82, 2.24) is 5.32 Å². The highest BCUT2D eigenvalue weighted by molar-refractivity contribution is 6.31. The van der Waals surface area contributed by atoms with Crippen molar-refractivity contribution in [3.8, 4) is 11.5 Å². The number of aliphatic hydroxyl groups is 1. The van der Waals surface area contributed by atoms with Crippen LogP contribution in [-0.2, 0) is 0 Å². The molecule has 3 N–H and O–H groups in total. The Kier molecular flexibility index (Phi) is 6.50. The van der Waals surface area contributed by atoms with E-state index in [1.165, 1.54) is 14.2 Å². The van der Waals surface area contributed by atoms with Crippen LogP contribution in [0.1, 0.15) is 17.2 Å². The summed E-state index contributed by atoms with van der Waals surface area (Å²) >= 11 is 6.03. The maximum atomic E-state index is 12.1. The lowest BCUT2D eigenvalue weighted by atomic mass is 10.1. The highest BCUT2D eigenvalue weighted by atomic mass is 35.5. The highest BCUT2D eigenvalue weighted by Crippen LogP contribution is 2.29. The van der Waals surface area contributed by atoms with Gasteiger partial charge in [-0.3, -0.25) is 0 Å². The Morgan fingerprint density at radius 2 is 2.00 bits per heavy atom. The molecule has 0 bridgehead atoms. The smallest absolute Gasteiger partial charge is 0.319 e. The van der Waals surface area contributed by atoms with Crippen LogP contribution >= 0.6 is 11.6 Å². The van der Waals surface area contributed by atoms with Gasteiger partial charge in [-0.25, -0.2) is 4.79 Å². The SMILES string of the molecule is COc1ccc(OC)c(C(O)CNC(=O)Nc2cccc(Cl)c2C)c1. The van der Waals surface area contributed by atoms with E-state index >= 15 is 0 Å². The predicted octanol–water partition coefficient (Wildman–Crippen LogP) is 3.52.